The van der Waals surface area contributed by atoms with E-state index in [9.17, 15) is 4.79 Å². The number of hydrogen-bond acceptors (Lipinski definition) is 3. The zero-order valence-electron chi connectivity index (χ0n) is 18.4. The van der Waals surface area contributed by atoms with Crippen molar-refractivity contribution in [2.75, 3.05) is 18.5 Å². The predicted octanol–water partition coefficient (Wildman–Crippen LogP) is 5.64. The fourth-order valence-corrected chi connectivity index (χ4v) is 3.40. The molecule has 3 aromatic rings. The number of anilines is 1. The number of carbonyl (C=O) groups excluding carboxylic acids is 1. The van der Waals surface area contributed by atoms with Crippen LogP contribution < -0.4 is 15.4 Å². The number of para-hydroxylation sites is 2. The number of aryl methyl sites for hydroxylation is 1. The second-order valence-corrected chi connectivity index (χ2v) is 7.52. The number of imidazole rings is 1. The van der Waals surface area contributed by atoms with Crippen LogP contribution in [0.4, 0.5) is 10.5 Å². The SMILES string of the molecule is CCCCCNC(=O)Nc1ccccc1OCCCn1cnc(-c2ccccc2)c1C. The first kappa shape index (κ1) is 22.4. The number of ether oxygens (including phenoxy) is 1. The molecule has 1 aromatic heterocycles. The largest absolute Gasteiger partial charge is 0.491 e. The van der Waals surface area contributed by atoms with Crippen LogP contribution in [0, 0.1) is 6.92 Å². The molecule has 1 heterocycles. The topological polar surface area (TPSA) is 68.2 Å². The Balaban J connectivity index is 1.48. The van der Waals surface area contributed by atoms with Crippen LogP contribution in [0.2, 0.25) is 0 Å². The molecule has 3 rings (SSSR count). The number of unbranched alkanes of at least 4 members (excludes halogenated alkanes) is 2. The summed E-state index contributed by atoms with van der Waals surface area (Å²) in [5, 5.41) is 5.77. The molecule has 2 N–H and O–H groups in total. The van der Waals surface area contributed by atoms with Crippen molar-refractivity contribution in [1.82, 2.24) is 14.9 Å². The lowest BCUT2D eigenvalue weighted by Crippen LogP contribution is -2.29. The van der Waals surface area contributed by atoms with E-state index >= 15 is 0 Å². The number of carbonyl (C=O) groups is 1. The van der Waals surface area contributed by atoms with Crippen molar-refractivity contribution in [3.05, 3.63) is 66.6 Å². The molecular formula is C25H32N4O2. The van der Waals surface area contributed by atoms with Crippen molar-refractivity contribution in [3.63, 3.8) is 0 Å². The molecule has 0 saturated carbocycles. The van der Waals surface area contributed by atoms with E-state index < -0.39 is 0 Å². The minimum Gasteiger partial charge on any atom is -0.491 e. The Morgan fingerprint density at radius 3 is 2.61 bits per heavy atom. The highest BCUT2D eigenvalue weighted by Gasteiger charge is 2.09. The normalized spacial score (nSPS) is 10.6. The van der Waals surface area contributed by atoms with Gasteiger partial charge >= 0.3 is 6.03 Å². The minimum absolute atomic E-state index is 0.199. The molecule has 6 heteroatoms. The molecule has 0 unspecified atom stereocenters. The zero-order valence-corrected chi connectivity index (χ0v) is 18.4. The van der Waals surface area contributed by atoms with Gasteiger partial charge in [-0.15, -0.1) is 0 Å². The first-order valence-corrected chi connectivity index (χ1v) is 11.0. The van der Waals surface area contributed by atoms with Crippen molar-refractivity contribution in [2.45, 2.75) is 46.1 Å². The average molecular weight is 421 g/mol. The molecule has 0 spiro atoms. The van der Waals surface area contributed by atoms with Crippen molar-refractivity contribution in [2.24, 2.45) is 0 Å². The minimum atomic E-state index is -0.199. The summed E-state index contributed by atoms with van der Waals surface area (Å²) < 4.78 is 8.11. The molecule has 0 atom stereocenters. The van der Waals surface area contributed by atoms with Gasteiger partial charge in [0.15, 0.2) is 0 Å². The highest BCUT2D eigenvalue weighted by atomic mass is 16.5. The van der Waals surface area contributed by atoms with Crippen LogP contribution in [0.15, 0.2) is 60.9 Å². The molecule has 2 amide bonds. The maximum Gasteiger partial charge on any atom is 0.319 e. The molecule has 0 saturated heterocycles. The van der Waals surface area contributed by atoms with Gasteiger partial charge in [0.05, 0.1) is 24.3 Å². The number of nitrogens with zero attached hydrogens (tertiary/aromatic N) is 2. The third kappa shape index (κ3) is 6.60. The number of nitrogens with one attached hydrogen (secondary N) is 2. The van der Waals surface area contributed by atoms with Crippen LogP contribution in [0.25, 0.3) is 11.3 Å². The number of urea groups is 1. The Morgan fingerprint density at radius 2 is 1.81 bits per heavy atom. The first-order valence-electron chi connectivity index (χ1n) is 11.0. The summed E-state index contributed by atoms with van der Waals surface area (Å²) in [6.45, 7) is 6.28. The summed E-state index contributed by atoms with van der Waals surface area (Å²) in [6.07, 6.45) is 5.95. The van der Waals surface area contributed by atoms with Gasteiger partial charge in [0, 0.05) is 24.3 Å². The van der Waals surface area contributed by atoms with Gasteiger partial charge in [-0.2, -0.15) is 0 Å². The highest BCUT2D eigenvalue weighted by Crippen LogP contribution is 2.24. The Kier molecular flexibility index (Phi) is 8.52. The predicted molar refractivity (Wildman–Crippen MR) is 126 cm³/mol. The average Bonchev–Trinajstić information content (AvgIpc) is 3.16. The van der Waals surface area contributed by atoms with E-state index in [-0.39, 0.29) is 6.03 Å². The molecule has 0 fully saturated rings. The smallest absolute Gasteiger partial charge is 0.319 e. The highest BCUT2D eigenvalue weighted by molar-refractivity contribution is 5.90. The summed E-state index contributed by atoms with van der Waals surface area (Å²) in [4.78, 5) is 16.7. The monoisotopic (exact) mass is 420 g/mol. The summed E-state index contributed by atoms with van der Waals surface area (Å²) in [7, 11) is 0. The van der Waals surface area contributed by atoms with E-state index in [1.165, 1.54) is 0 Å². The lowest BCUT2D eigenvalue weighted by Gasteiger charge is -2.13. The van der Waals surface area contributed by atoms with Crippen molar-refractivity contribution in [3.8, 4) is 17.0 Å². The summed E-state index contributed by atoms with van der Waals surface area (Å²) in [6, 6.07) is 17.5. The van der Waals surface area contributed by atoms with Crippen LogP contribution in [0.1, 0.15) is 38.3 Å². The van der Waals surface area contributed by atoms with E-state index in [1.807, 2.05) is 48.8 Å². The molecular weight excluding hydrogens is 388 g/mol. The van der Waals surface area contributed by atoms with Gasteiger partial charge < -0.3 is 19.9 Å². The Bertz CT molecular complexity index is 953. The van der Waals surface area contributed by atoms with Crippen LogP contribution in [0.3, 0.4) is 0 Å². The molecule has 0 aliphatic rings. The Labute approximate surface area is 184 Å². The molecule has 164 valence electrons. The van der Waals surface area contributed by atoms with E-state index in [0.717, 1.165) is 49.2 Å². The maximum absolute atomic E-state index is 12.1. The van der Waals surface area contributed by atoms with Crippen molar-refractivity contribution < 1.29 is 9.53 Å². The Morgan fingerprint density at radius 1 is 1.03 bits per heavy atom. The van der Waals surface area contributed by atoms with E-state index in [0.29, 0.717) is 24.6 Å². The van der Waals surface area contributed by atoms with Gasteiger partial charge in [-0.1, -0.05) is 62.2 Å². The number of rotatable bonds is 11. The van der Waals surface area contributed by atoms with Crippen LogP contribution >= 0.6 is 0 Å². The summed E-state index contributed by atoms with van der Waals surface area (Å²) >= 11 is 0. The van der Waals surface area contributed by atoms with Gasteiger partial charge in [-0.3, -0.25) is 0 Å². The second kappa shape index (κ2) is 11.8. The maximum atomic E-state index is 12.1. The fourth-order valence-electron chi connectivity index (χ4n) is 3.40. The van der Waals surface area contributed by atoms with Gasteiger partial charge in [0.1, 0.15) is 5.75 Å². The molecule has 0 radical (unpaired) electrons. The Hall–Kier alpha value is -3.28. The lowest BCUT2D eigenvalue weighted by molar-refractivity contribution is 0.251. The molecule has 2 aromatic carbocycles. The van der Waals surface area contributed by atoms with Crippen LogP contribution in [-0.4, -0.2) is 28.7 Å². The molecule has 31 heavy (non-hydrogen) atoms. The van der Waals surface area contributed by atoms with Crippen LogP contribution in [-0.2, 0) is 6.54 Å². The number of amides is 2. The van der Waals surface area contributed by atoms with E-state index in [2.05, 4.69) is 46.2 Å². The number of benzene rings is 2. The van der Waals surface area contributed by atoms with E-state index in [1.54, 1.807) is 0 Å². The quantitative estimate of drug-likeness (QED) is 0.395. The third-order valence-corrected chi connectivity index (χ3v) is 5.15. The van der Waals surface area contributed by atoms with Gasteiger partial charge in [0.25, 0.3) is 0 Å². The third-order valence-electron chi connectivity index (χ3n) is 5.15. The van der Waals surface area contributed by atoms with Crippen LogP contribution in [0.5, 0.6) is 5.75 Å². The van der Waals surface area contributed by atoms with E-state index in [4.69, 9.17) is 4.74 Å². The van der Waals surface area contributed by atoms with Crippen molar-refractivity contribution >= 4 is 11.7 Å². The van der Waals surface area contributed by atoms with Gasteiger partial charge in [-0.05, 0) is 31.9 Å². The summed E-state index contributed by atoms with van der Waals surface area (Å²) in [5.41, 5.74) is 3.97. The molecule has 0 bridgehead atoms. The van der Waals surface area contributed by atoms with Gasteiger partial charge in [0.2, 0.25) is 0 Å². The molecule has 6 nitrogen and oxygen atoms in total. The number of aromatic nitrogens is 2. The lowest BCUT2D eigenvalue weighted by atomic mass is 10.1. The summed E-state index contributed by atoms with van der Waals surface area (Å²) in [5.74, 6) is 0.679. The number of hydrogen-bond donors (Lipinski definition) is 2. The van der Waals surface area contributed by atoms with Gasteiger partial charge in [-0.25, -0.2) is 9.78 Å². The first-order chi connectivity index (χ1) is 15.2. The van der Waals surface area contributed by atoms with Crippen molar-refractivity contribution in [1.29, 1.82) is 0 Å². The second-order valence-electron chi connectivity index (χ2n) is 7.52. The molecule has 0 aliphatic carbocycles. The zero-order chi connectivity index (χ0) is 21.9. The standard InChI is InChI=1S/C25H32N4O2/c1-3-4-10-16-26-25(30)28-22-14-8-9-15-23(22)31-18-11-17-29-19-27-24(20(29)2)21-12-6-5-7-13-21/h5-9,12-15,19H,3-4,10-11,16-18H2,1-2H3,(H2,26,28,30). The molecule has 0 aliphatic heterocycles. The fraction of sp³-hybridized carbons (Fsp3) is 0.360.